The van der Waals surface area contributed by atoms with Gasteiger partial charge in [0, 0.05) is 14.1 Å². The van der Waals surface area contributed by atoms with Gasteiger partial charge in [-0.3, -0.25) is 18.5 Å². The van der Waals surface area contributed by atoms with Crippen LogP contribution in [0.3, 0.4) is 0 Å². The van der Waals surface area contributed by atoms with E-state index >= 15 is 0 Å². The van der Waals surface area contributed by atoms with Gasteiger partial charge in [-0.25, -0.2) is 14.5 Å². The van der Waals surface area contributed by atoms with Crippen LogP contribution >= 0.6 is 7.60 Å². The second-order valence-electron chi connectivity index (χ2n) is 11.8. The predicted molar refractivity (Wildman–Crippen MR) is 169 cm³/mol. The van der Waals surface area contributed by atoms with Crippen molar-refractivity contribution in [3.63, 3.8) is 0 Å². The third-order valence-electron chi connectivity index (χ3n) is 7.85. The van der Waals surface area contributed by atoms with Crippen molar-refractivity contribution in [3.05, 3.63) is 111 Å². The minimum absolute atomic E-state index is 0.0573. The van der Waals surface area contributed by atoms with E-state index in [-0.39, 0.29) is 37.5 Å². The van der Waals surface area contributed by atoms with Crippen LogP contribution in [-0.4, -0.2) is 62.6 Å². The van der Waals surface area contributed by atoms with E-state index in [1.54, 1.807) is 31.7 Å². The molecule has 3 aromatic heterocycles. The molecule has 1 saturated heterocycles. The average molecular weight is 666 g/mol. The second-order valence-corrected chi connectivity index (χ2v) is 13.9. The van der Waals surface area contributed by atoms with E-state index in [4.69, 9.17) is 18.5 Å². The molecular weight excluding hydrogens is 629 g/mol. The number of imidazole rings is 1. The topological polar surface area (TPSA) is 167 Å². The summed E-state index contributed by atoms with van der Waals surface area (Å²) in [5.74, 6) is -2.83. The van der Waals surface area contributed by atoms with Gasteiger partial charge in [0.25, 0.3) is 5.56 Å². The van der Waals surface area contributed by atoms with Crippen molar-refractivity contribution in [1.82, 2.24) is 33.7 Å². The van der Waals surface area contributed by atoms with E-state index in [0.717, 1.165) is 15.7 Å². The molecule has 0 unspecified atom stereocenters. The Hall–Kier alpha value is -4.24. The highest BCUT2D eigenvalue weighted by Crippen LogP contribution is 2.56. The molecule has 6 rings (SSSR count). The molecule has 3 atom stereocenters. The molecule has 4 heterocycles. The number of aliphatic hydroxyl groups is 1. The van der Waals surface area contributed by atoms with Gasteiger partial charge in [-0.2, -0.15) is 0 Å². The number of rotatable bonds is 12. The Kier molecular flexibility index (Phi) is 9.12. The molecule has 5 aromatic rings. The van der Waals surface area contributed by atoms with E-state index < -0.39 is 42.7 Å². The van der Waals surface area contributed by atoms with Gasteiger partial charge < -0.3 is 28.2 Å². The smallest absolute Gasteiger partial charge is 0.362 e. The third-order valence-corrected chi connectivity index (χ3v) is 9.77. The van der Waals surface area contributed by atoms with Crippen molar-refractivity contribution >= 4 is 18.8 Å². The molecule has 47 heavy (non-hydrogen) atoms. The van der Waals surface area contributed by atoms with E-state index in [0.29, 0.717) is 5.69 Å². The summed E-state index contributed by atoms with van der Waals surface area (Å²) in [6.45, 7) is 3.50. The zero-order valence-electron chi connectivity index (χ0n) is 26.4. The molecule has 0 spiro atoms. The molecule has 0 saturated carbocycles. The summed E-state index contributed by atoms with van der Waals surface area (Å²) in [4.78, 5) is 29.4. The molecule has 1 aliphatic heterocycles. The Balaban J connectivity index is 1.22. The minimum Gasteiger partial charge on any atom is -0.378 e. The van der Waals surface area contributed by atoms with Crippen molar-refractivity contribution in [1.29, 1.82) is 0 Å². The van der Waals surface area contributed by atoms with Crippen LogP contribution in [-0.2, 0) is 63.5 Å². The highest BCUT2D eigenvalue weighted by molar-refractivity contribution is 7.54. The Bertz CT molecular complexity index is 1970. The summed E-state index contributed by atoms with van der Waals surface area (Å²) in [5.41, 5.74) is 1.57. The average Bonchev–Trinajstić information content (AvgIpc) is 3.78. The van der Waals surface area contributed by atoms with Crippen LogP contribution in [0.2, 0.25) is 0 Å². The molecule has 16 heteroatoms. The summed E-state index contributed by atoms with van der Waals surface area (Å²) in [6.07, 6.45) is 1.19. The fourth-order valence-electron chi connectivity index (χ4n) is 5.48. The first-order valence-electron chi connectivity index (χ1n) is 14.9. The third kappa shape index (κ3) is 6.91. The van der Waals surface area contributed by atoms with Gasteiger partial charge >= 0.3 is 13.3 Å². The fourth-order valence-corrected chi connectivity index (χ4v) is 7.13. The molecule has 0 aliphatic carbocycles. The molecule has 0 amide bonds. The largest absolute Gasteiger partial charge is 0.378 e. The van der Waals surface area contributed by atoms with Crippen LogP contribution in [0.25, 0.3) is 11.2 Å². The maximum Gasteiger partial charge on any atom is 0.362 e. The van der Waals surface area contributed by atoms with Gasteiger partial charge in [-0.05, 0) is 25.0 Å². The summed E-state index contributed by atoms with van der Waals surface area (Å²) >= 11 is 0. The number of hydrogen-bond acceptors (Lipinski definition) is 11. The summed E-state index contributed by atoms with van der Waals surface area (Å²) < 4.78 is 43.7. The summed E-state index contributed by atoms with van der Waals surface area (Å²) in [7, 11) is -1.27. The zero-order chi connectivity index (χ0) is 33.3. The molecule has 1 fully saturated rings. The van der Waals surface area contributed by atoms with Gasteiger partial charge in [0.05, 0.1) is 38.8 Å². The van der Waals surface area contributed by atoms with Crippen molar-refractivity contribution in [2.75, 3.05) is 0 Å². The quantitative estimate of drug-likeness (QED) is 0.195. The molecule has 15 nitrogen and oxygen atoms in total. The lowest BCUT2D eigenvalue weighted by molar-refractivity contribution is -0.152. The van der Waals surface area contributed by atoms with Crippen LogP contribution in [0.5, 0.6) is 0 Å². The molecule has 1 aliphatic rings. The lowest BCUT2D eigenvalue weighted by Crippen LogP contribution is -2.38. The predicted octanol–water partition coefficient (Wildman–Crippen LogP) is 2.54. The number of aromatic nitrogens is 7. The molecule has 0 radical (unpaired) electrons. The van der Waals surface area contributed by atoms with Crippen LogP contribution in [0.15, 0.2) is 82.8 Å². The number of nitrogens with zero attached hydrogens (tertiary/aromatic N) is 7. The normalized spacial score (nSPS) is 18.6. The Morgan fingerprint density at radius 1 is 0.957 bits per heavy atom. The number of ether oxygens (including phenoxy) is 2. The monoisotopic (exact) mass is 665 g/mol. The first-order valence-corrected chi connectivity index (χ1v) is 16.6. The minimum atomic E-state index is -4.22. The van der Waals surface area contributed by atoms with E-state index in [9.17, 15) is 19.3 Å². The van der Waals surface area contributed by atoms with E-state index in [2.05, 4.69) is 15.3 Å². The number of aryl methyl sites for hydroxylation is 1. The maximum absolute atomic E-state index is 14.3. The number of fused-ring (bicyclic) bond motifs is 1. The van der Waals surface area contributed by atoms with Crippen molar-refractivity contribution in [2.45, 2.75) is 64.0 Å². The Labute approximate surface area is 269 Å². The van der Waals surface area contributed by atoms with Crippen molar-refractivity contribution in [3.8, 4) is 0 Å². The highest BCUT2D eigenvalue weighted by atomic mass is 31.2. The standard InChI is InChI=1S/C31H36N7O8P/c1-31(2)45-24(17-38-16-23(33-34-38)15-37-20-32-27-25(37)28(39)36(4)30(41)35(27)3)26(46-31)29(40)47(42,43-18-21-11-7-5-8-12-21)44-19-22-13-9-6-10-14-22/h5-14,16,20,24,26,29,40H,15,17-19H2,1-4H3/t24-,26-,29+/m1/s1. The van der Waals surface area contributed by atoms with Gasteiger partial charge in [0.2, 0.25) is 0 Å². The van der Waals surface area contributed by atoms with Gasteiger partial charge in [0.15, 0.2) is 22.8 Å². The lowest BCUT2D eigenvalue weighted by atomic mass is 10.2. The summed E-state index contributed by atoms with van der Waals surface area (Å²) in [6, 6.07) is 18.3. The van der Waals surface area contributed by atoms with Gasteiger partial charge in [-0.1, -0.05) is 65.9 Å². The van der Waals surface area contributed by atoms with E-state index in [1.807, 2.05) is 60.7 Å². The number of aliphatic hydroxyl groups excluding tert-OH is 1. The van der Waals surface area contributed by atoms with Crippen LogP contribution in [0.1, 0.15) is 30.7 Å². The molecule has 2 aromatic carbocycles. The Morgan fingerprint density at radius 2 is 1.57 bits per heavy atom. The first kappa shape index (κ1) is 32.7. The first-order chi connectivity index (χ1) is 22.4. The van der Waals surface area contributed by atoms with Crippen LogP contribution in [0, 0.1) is 0 Å². The lowest BCUT2D eigenvalue weighted by Gasteiger charge is -2.29. The number of hydrogen-bond donors (Lipinski definition) is 1. The second kappa shape index (κ2) is 13.1. The number of benzene rings is 2. The fraction of sp³-hybridized carbons (Fsp3) is 0.387. The van der Waals surface area contributed by atoms with Crippen molar-refractivity contribution in [2.24, 2.45) is 14.1 Å². The molecular formula is C31H36N7O8P. The zero-order valence-corrected chi connectivity index (χ0v) is 27.3. The molecule has 248 valence electrons. The maximum atomic E-state index is 14.3. The van der Waals surface area contributed by atoms with Crippen LogP contribution < -0.4 is 11.2 Å². The van der Waals surface area contributed by atoms with E-state index in [1.165, 1.54) is 22.6 Å². The Morgan fingerprint density at radius 3 is 2.19 bits per heavy atom. The van der Waals surface area contributed by atoms with Gasteiger partial charge in [0.1, 0.15) is 17.9 Å². The van der Waals surface area contributed by atoms with Crippen molar-refractivity contribution < 1.29 is 28.2 Å². The molecule has 0 bridgehead atoms. The molecule has 1 N–H and O–H groups in total. The van der Waals surface area contributed by atoms with Gasteiger partial charge in [-0.15, -0.1) is 5.10 Å². The summed E-state index contributed by atoms with van der Waals surface area (Å²) in [5, 5.41) is 20.1. The van der Waals surface area contributed by atoms with Crippen LogP contribution in [0.4, 0.5) is 0 Å². The highest BCUT2D eigenvalue weighted by Gasteiger charge is 2.52. The SMILES string of the molecule is Cn1c(=O)c2c(ncn2Cc2cn(C[C@H]3OC(C)(C)O[C@H]3[C@@H](O)P(=O)(OCc3ccccc3)OCc3ccccc3)nn2)n(C)c1=O.